The van der Waals surface area contributed by atoms with Gasteiger partial charge in [0.05, 0.1) is 0 Å². The molecule has 1 aromatic rings. The Balaban J connectivity index is 2.93. The molecular formula is C8H13O2P. The summed E-state index contributed by atoms with van der Waals surface area (Å²) in [6.45, 7) is 1.79. The minimum absolute atomic E-state index is 0.441. The van der Waals surface area contributed by atoms with E-state index in [0.717, 1.165) is 0 Å². The third kappa shape index (κ3) is 2.00. The summed E-state index contributed by atoms with van der Waals surface area (Å²) in [5.41, 5.74) is 0. The average molecular weight is 172 g/mol. The zero-order chi connectivity index (χ0) is 8.32. The van der Waals surface area contributed by atoms with E-state index in [1.54, 1.807) is 19.1 Å². The molecule has 0 heterocycles. The summed E-state index contributed by atoms with van der Waals surface area (Å²) in [7, 11) is -3.05. The molecule has 2 nitrogen and oxygen atoms in total. The maximum absolute atomic E-state index is 9.49. The van der Waals surface area contributed by atoms with Gasteiger partial charge >= 0.3 is 66.2 Å². The van der Waals surface area contributed by atoms with Crippen LogP contribution < -0.4 is 5.30 Å². The summed E-state index contributed by atoms with van der Waals surface area (Å²) in [6.07, 6.45) is 0.441. The monoisotopic (exact) mass is 172 g/mol. The number of rotatable bonds is 2. The standard InChI is InChI=1S/C8H13O2P/c1-2-11(9,10)8-6-4-3-5-7-8/h3-7,9-11H,2H2,1H3. The van der Waals surface area contributed by atoms with E-state index in [9.17, 15) is 9.79 Å². The van der Waals surface area contributed by atoms with Gasteiger partial charge in [-0.25, -0.2) is 0 Å². The number of benzene rings is 1. The van der Waals surface area contributed by atoms with Gasteiger partial charge in [-0.05, 0) is 0 Å². The molecule has 3 heteroatoms. The molecule has 1 rings (SSSR count). The van der Waals surface area contributed by atoms with Crippen LogP contribution >= 0.6 is 7.72 Å². The van der Waals surface area contributed by atoms with E-state index in [1.165, 1.54) is 0 Å². The van der Waals surface area contributed by atoms with Gasteiger partial charge in [-0.15, -0.1) is 0 Å². The van der Waals surface area contributed by atoms with Gasteiger partial charge in [0.25, 0.3) is 0 Å². The van der Waals surface area contributed by atoms with Crippen molar-refractivity contribution in [2.24, 2.45) is 0 Å². The molecule has 0 aliphatic rings. The second-order valence-corrected chi connectivity index (χ2v) is 5.45. The van der Waals surface area contributed by atoms with Crippen LogP contribution in [0.3, 0.4) is 0 Å². The fraction of sp³-hybridized carbons (Fsp3) is 0.250. The molecule has 0 aliphatic heterocycles. The second-order valence-electron chi connectivity index (χ2n) is 2.54. The molecule has 11 heavy (non-hydrogen) atoms. The van der Waals surface area contributed by atoms with E-state index < -0.39 is 7.72 Å². The van der Waals surface area contributed by atoms with Gasteiger partial charge in [-0.1, -0.05) is 0 Å². The average Bonchev–Trinajstić information content (AvgIpc) is 2.06. The van der Waals surface area contributed by atoms with Crippen LogP contribution in [0.15, 0.2) is 30.3 Å². The summed E-state index contributed by atoms with van der Waals surface area (Å²) < 4.78 is 0. The van der Waals surface area contributed by atoms with Crippen molar-refractivity contribution in [2.45, 2.75) is 6.92 Å². The van der Waals surface area contributed by atoms with E-state index in [2.05, 4.69) is 0 Å². The molecule has 62 valence electrons. The SMILES string of the molecule is CC[PH](O)(O)c1ccccc1. The van der Waals surface area contributed by atoms with Crippen LogP contribution in [0.1, 0.15) is 6.92 Å². The van der Waals surface area contributed by atoms with E-state index in [1.807, 2.05) is 18.2 Å². The van der Waals surface area contributed by atoms with Crippen molar-refractivity contribution < 1.29 is 9.79 Å². The van der Waals surface area contributed by atoms with Gasteiger partial charge in [0.1, 0.15) is 0 Å². The molecule has 0 unspecified atom stereocenters. The summed E-state index contributed by atoms with van der Waals surface area (Å²) >= 11 is 0. The van der Waals surface area contributed by atoms with Crippen molar-refractivity contribution in [3.63, 3.8) is 0 Å². The van der Waals surface area contributed by atoms with Crippen molar-refractivity contribution in [1.29, 1.82) is 0 Å². The molecule has 0 radical (unpaired) electrons. The van der Waals surface area contributed by atoms with Crippen molar-refractivity contribution in [3.05, 3.63) is 30.3 Å². The number of hydrogen-bond acceptors (Lipinski definition) is 2. The Morgan fingerprint density at radius 2 is 1.73 bits per heavy atom. The van der Waals surface area contributed by atoms with Crippen molar-refractivity contribution >= 4 is 13.0 Å². The fourth-order valence-corrected chi connectivity index (χ4v) is 2.04. The van der Waals surface area contributed by atoms with Crippen LogP contribution in [0.25, 0.3) is 0 Å². The van der Waals surface area contributed by atoms with Crippen LogP contribution in [0.2, 0.25) is 0 Å². The Bertz CT molecular complexity index is 221. The van der Waals surface area contributed by atoms with Gasteiger partial charge < -0.3 is 0 Å². The molecule has 0 bridgehead atoms. The zero-order valence-electron chi connectivity index (χ0n) is 6.49. The molecule has 0 aliphatic carbocycles. The Labute approximate surface area is 67.0 Å². The first kappa shape index (κ1) is 8.66. The predicted molar refractivity (Wildman–Crippen MR) is 49.4 cm³/mol. The van der Waals surface area contributed by atoms with Crippen LogP contribution in [-0.4, -0.2) is 15.9 Å². The van der Waals surface area contributed by atoms with Gasteiger partial charge in [0.15, 0.2) is 0 Å². The van der Waals surface area contributed by atoms with Crippen molar-refractivity contribution in [1.82, 2.24) is 0 Å². The van der Waals surface area contributed by atoms with Crippen molar-refractivity contribution in [3.8, 4) is 0 Å². The van der Waals surface area contributed by atoms with Gasteiger partial charge in [0, 0.05) is 0 Å². The molecule has 0 aromatic heterocycles. The first-order valence-corrected chi connectivity index (χ1v) is 5.77. The molecular weight excluding hydrogens is 159 g/mol. The van der Waals surface area contributed by atoms with Gasteiger partial charge in [0.2, 0.25) is 0 Å². The Morgan fingerprint density at radius 3 is 2.18 bits per heavy atom. The van der Waals surface area contributed by atoms with E-state index >= 15 is 0 Å². The van der Waals surface area contributed by atoms with Gasteiger partial charge in [-0.3, -0.25) is 0 Å². The van der Waals surface area contributed by atoms with E-state index in [4.69, 9.17) is 0 Å². The van der Waals surface area contributed by atoms with Gasteiger partial charge in [-0.2, -0.15) is 0 Å². The third-order valence-electron chi connectivity index (χ3n) is 1.73. The maximum atomic E-state index is 9.49. The van der Waals surface area contributed by atoms with Crippen LogP contribution in [0.4, 0.5) is 0 Å². The summed E-state index contributed by atoms with van der Waals surface area (Å²) in [4.78, 5) is 19.0. The molecule has 1 aromatic carbocycles. The predicted octanol–water partition coefficient (Wildman–Crippen LogP) is 0.896. The van der Waals surface area contributed by atoms with E-state index in [-0.39, 0.29) is 0 Å². The molecule has 0 amide bonds. The Kier molecular flexibility index (Phi) is 2.61. The quantitative estimate of drug-likeness (QED) is 0.650. The number of hydrogen-bond donors (Lipinski definition) is 2. The topological polar surface area (TPSA) is 40.5 Å². The van der Waals surface area contributed by atoms with Crippen LogP contribution in [0, 0.1) is 0 Å². The Morgan fingerprint density at radius 1 is 1.18 bits per heavy atom. The zero-order valence-corrected chi connectivity index (χ0v) is 7.49. The van der Waals surface area contributed by atoms with Crippen molar-refractivity contribution in [2.75, 3.05) is 6.16 Å². The molecule has 0 atom stereocenters. The Hall–Kier alpha value is -0.430. The van der Waals surface area contributed by atoms with Crippen LogP contribution in [-0.2, 0) is 0 Å². The first-order valence-electron chi connectivity index (χ1n) is 3.67. The molecule has 0 fully saturated rings. The summed E-state index contributed by atoms with van der Waals surface area (Å²) in [5, 5.41) is 0.683. The molecule has 2 N–H and O–H groups in total. The third-order valence-corrected chi connectivity index (χ3v) is 3.97. The second kappa shape index (κ2) is 3.31. The van der Waals surface area contributed by atoms with Crippen LogP contribution in [0.5, 0.6) is 0 Å². The summed E-state index contributed by atoms with van der Waals surface area (Å²) in [6, 6.07) is 9.02. The molecule has 0 saturated heterocycles. The summed E-state index contributed by atoms with van der Waals surface area (Å²) in [5.74, 6) is 0. The van der Waals surface area contributed by atoms with E-state index in [0.29, 0.717) is 11.5 Å². The first-order chi connectivity index (χ1) is 5.17. The molecule has 0 saturated carbocycles. The molecule has 0 spiro atoms. The minimum atomic E-state index is -3.05. The normalized spacial score (nSPS) is 13.0. The fourth-order valence-electron chi connectivity index (χ4n) is 0.909.